The summed E-state index contributed by atoms with van der Waals surface area (Å²) < 4.78 is 9.54. The van der Waals surface area contributed by atoms with Crippen LogP contribution in [0.5, 0.6) is 0 Å². The topological polar surface area (TPSA) is 64.3 Å². The molecular formula is C20H31N5O2. The Kier molecular flexibility index (Phi) is 5.23. The summed E-state index contributed by atoms with van der Waals surface area (Å²) in [6.07, 6.45) is 7.30. The van der Waals surface area contributed by atoms with Gasteiger partial charge < -0.3 is 19.5 Å². The highest BCUT2D eigenvalue weighted by atomic mass is 16.5. The summed E-state index contributed by atoms with van der Waals surface area (Å²) in [7, 11) is 1.83. The number of hydrogen-bond acceptors (Lipinski definition) is 5. The van der Waals surface area contributed by atoms with Crippen LogP contribution in [0.3, 0.4) is 0 Å². The van der Waals surface area contributed by atoms with Crippen molar-refractivity contribution < 1.29 is 4.74 Å². The van der Waals surface area contributed by atoms with Crippen LogP contribution in [0.25, 0.3) is 11.0 Å². The van der Waals surface area contributed by atoms with E-state index in [0.29, 0.717) is 12.1 Å². The van der Waals surface area contributed by atoms with Crippen molar-refractivity contribution in [1.29, 1.82) is 0 Å². The summed E-state index contributed by atoms with van der Waals surface area (Å²) in [5.41, 5.74) is 2.77. The van der Waals surface area contributed by atoms with Crippen molar-refractivity contribution in [3.05, 3.63) is 22.6 Å². The Morgan fingerprint density at radius 1 is 1.30 bits per heavy atom. The lowest BCUT2D eigenvalue weighted by atomic mass is 10.0. The lowest BCUT2D eigenvalue weighted by Crippen LogP contribution is -2.56. The van der Waals surface area contributed by atoms with E-state index in [1.54, 1.807) is 10.6 Å². The number of aryl methyl sites for hydroxylation is 1. The molecule has 0 amide bonds. The molecule has 4 heterocycles. The number of ether oxygens (including phenoxy) is 1. The maximum absolute atomic E-state index is 12.7. The Hall–Kier alpha value is -1.86. The van der Waals surface area contributed by atoms with Gasteiger partial charge in [0.1, 0.15) is 11.7 Å². The fourth-order valence-electron chi connectivity index (χ4n) is 4.31. The number of pyridine rings is 1. The first-order chi connectivity index (χ1) is 13.1. The minimum atomic E-state index is -0.0255. The number of aromatic nitrogens is 3. The molecule has 3 atom stereocenters. The normalized spacial score (nSPS) is 26.6. The van der Waals surface area contributed by atoms with Crippen molar-refractivity contribution in [1.82, 2.24) is 19.7 Å². The van der Waals surface area contributed by atoms with E-state index < -0.39 is 0 Å². The number of hydrogen-bond donors (Lipinski definition) is 1. The molecule has 1 unspecified atom stereocenters. The number of nitrogens with zero attached hydrogens (tertiary/aromatic N) is 4. The molecule has 2 fully saturated rings. The SMILES string of the molecule is CC[C@@H]1CN(c2cc(=O)n(C)c3cn(C4CCCCO4)nc23)[C@@H](CC)CN1. The maximum atomic E-state index is 12.7. The van der Waals surface area contributed by atoms with E-state index in [0.717, 1.165) is 68.5 Å². The van der Waals surface area contributed by atoms with Crippen LogP contribution in [0.4, 0.5) is 5.69 Å². The molecule has 2 saturated heterocycles. The van der Waals surface area contributed by atoms with Crippen molar-refractivity contribution in [2.75, 3.05) is 24.6 Å². The molecule has 7 heteroatoms. The van der Waals surface area contributed by atoms with Gasteiger partial charge in [0, 0.05) is 44.9 Å². The predicted molar refractivity (Wildman–Crippen MR) is 107 cm³/mol. The van der Waals surface area contributed by atoms with E-state index in [1.807, 2.05) is 17.9 Å². The molecule has 2 aromatic heterocycles. The largest absolute Gasteiger partial charge is 0.364 e. The van der Waals surface area contributed by atoms with E-state index in [1.165, 1.54) is 0 Å². The quantitative estimate of drug-likeness (QED) is 0.892. The molecule has 27 heavy (non-hydrogen) atoms. The van der Waals surface area contributed by atoms with Gasteiger partial charge in [-0.2, -0.15) is 5.10 Å². The van der Waals surface area contributed by atoms with Crippen molar-refractivity contribution in [2.45, 2.75) is 64.3 Å². The summed E-state index contributed by atoms with van der Waals surface area (Å²) in [5, 5.41) is 8.53. The molecule has 0 bridgehead atoms. The second-order valence-electron chi connectivity index (χ2n) is 7.82. The smallest absolute Gasteiger partial charge is 0.252 e. The zero-order valence-corrected chi connectivity index (χ0v) is 16.6. The molecule has 0 aliphatic carbocycles. The molecule has 2 aromatic rings. The van der Waals surface area contributed by atoms with Gasteiger partial charge in [-0.05, 0) is 32.1 Å². The van der Waals surface area contributed by atoms with E-state index in [9.17, 15) is 4.79 Å². The molecular weight excluding hydrogens is 342 g/mol. The van der Waals surface area contributed by atoms with Crippen LogP contribution in [0.2, 0.25) is 0 Å². The molecule has 1 N–H and O–H groups in total. The Balaban J connectivity index is 1.80. The van der Waals surface area contributed by atoms with E-state index in [2.05, 4.69) is 24.1 Å². The minimum Gasteiger partial charge on any atom is -0.364 e. The van der Waals surface area contributed by atoms with Crippen LogP contribution in [0, 0.1) is 0 Å². The second kappa shape index (κ2) is 7.64. The van der Waals surface area contributed by atoms with Gasteiger partial charge in [-0.3, -0.25) is 4.79 Å². The third kappa shape index (κ3) is 3.38. The van der Waals surface area contributed by atoms with Crippen LogP contribution in [0.15, 0.2) is 17.1 Å². The Morgan fingerprint density at radius 3 is 2.85 bits per heavy atom. The molecule has 4 rings (SSSR count). The van der Waals surface area contributed by atoms with Gasteiger partial charge in [-0.15, -0.1) is 0 Å². The van der Waals surface area contributed by atoms with Gasteiger partial charge >= 0.3 is 0 Å². The number of anilines is 1. The number of rotatable bonds is 4. The van der Waals surface area contributed by atoms with Gasteiger partial charge in [0.2, 0.25) is 0 Å². The third-order valence-corrected chi connectivity index (χ3v) is 6.13. The zero-order chi connectivity index (χ0) is 19.0. The van der Waals surface area contributed by atoms with Crippen molar-refractivity contribution in [3.63, 3.8) is 0 Å². The summed E-state index contributed by atoms with van der Waals surface area (Å²) in [4.78, 5) is 15.1. The molecule has 0 spiro atoms. The Bertz CT molecular complexity index is 852. The summed E-state index contributed by atoms with van der Waals surface area (Å²) in [6.45, 7) is 7.04. The maximum Gasteiger partial charge on any atom is 0.252 e. The standard InChI is InChI=1S/C20H31N5O2/c1-4-14-12-24(15(5-2)11-21-14)16-10-18(26)23(3)17-13-25(22-20(16)17)19-8-6-7-9-27-19/h10,13-15,19,21H,4-9,11-12H2,1-3H3/t14-,15+,19?/m1/s1. The lowest BCUT2D eigenvalue weighted by Gasteiger charge is -2.41. The van der Waals surface area contributed by atoms with E-state index in [4.69, 9.17) is 9.84 Å². The van der Waals surface area contributed by atoms with E-state index >= 15 is 0 Å². The fourth-order valence-corrected chi connectivity index (χ4v) is 4.31. The highest BCUT2D eigenvalue weighted by molar-refractivity contribution is 5.88. The Labute approximate surface area is 160 Å². The van der Waals surface area contributed by atoms with Crippen LogP contribution in [-0.4, -0.2) is 46.1 Å². The van der Waals surface area contributed by atoms with Crippen LogP contribution >= 0.6 is 0 Å². The van der Waals surface area contributed by atoms with Gasteiger partial charge in [-0.25, -0.2) is 4.68 Å². The molecule has 0 saturated carbocycles. The molecule has 2 aliphatic heterocycles. The average molecular weight is 374 g/mol. The minimum absolute atomic E-state index is 0.0167. The van der Waals surface area contributed by atoms with Gasteiger partial charge in [0.05, 0.1) is 17.4 Å². The average Bonchev–Trinajstić information content (AvgIpc) is 3.16. The number of fused-ring (bicyclic) bond motifs is 1. The van der Waals surface area contributed by atoms with Crippen LogP contribution in [-0.2, 0) is 11.8 Å². The fraction of sp³-hybridized carbons (Fsp3) is 0.700. The van der Waals surface area contributed by atoms with Crippen LogP contribution in [0.1, 0.15) is 52.2 Å². The van der Waals surface area contributed by atoms with Gasteiger partial charge in [0.15, 0.2) is 0 Å². The number of piperazine rings is 1. The first-order valence-corrected chi connectivity index (χ1v) is 10.3. The Morgan fingerprint density at radius 2 is 2.15 bits per heavy atom. The molecule has 7 nitrogen and oxygen atoms in total. The highest BCUT2D eigenvalue weighted by Crippen LogP contribution is 2.30. The number of nitrogens with one attached hydrogen (secondary N) is 1. The first kappa shape index (κ1) is 18.5. The molecule has 2 aliphatic rings. The molecule has 148 valence electrons. The van der Waals surface area contributed by atoms with Gasteiger partial charge in [0.25, 0.3) is 5.56 Å². The lowest BCUT2D eigenvalue weighted by molar-refractivity contribution is -0.0390. The summed E-state index contributed by atoms with van der Waals surface area (Å²) in [6, 6.07) is 2.58. The molecule has 0 radical (unpaired) electrons. The molecule has 0 aromatic carbocycles. The summed E-state index contributed by atoms with van der Waals surface area (Å²) >= 11 is 0. The van der Waals surface area contributed by atoms with Crippen molar-refractivity contribution >= 4 is 16.7 Å². The second-order valence-corrected chi connectivity index (χ2v) is 7.82. The third-order valence-electron chi connectivity index (χ3n) is 6.13. The zero-order valence-electron chi connectivity index (χ0n) is 16.6. The van der Waals surface area contributed by atoms with Crippen molar-refractivity contribution in [2.24, 2.45) is 7.05 Å². The van der Waals surface area contributed by atoms with Crippen LogP contribution < -0.4 is 15.8 Å². The predicted octanol–water partition coefficient (Wildman–Crippen LogP) is 2.40. The first-order valence-electron chi connectivity index (χ1n) is 10.3. The van der Waals surface area contributed by atoms with Gasteiger partial charge in [-0.1, -0.05) is 13.8 Å². The summed E-state index contributed by atoms with van der Waals surface area (Å²) in [5.74, 6) is 0. The van der Waals surface area contributed by atoms with Crippen molar-refractivity contribution in [3.8, 4) is 0 Å². The monoisotopic (exact) mass is 373 g/mol. The highest BCUT2D eigenvalue weighted by Gasteiger charge is 2.29. The van der Waals surface area contributed by atoms with E-state index in [-0.39, 0.29) is 11.8 Å².